The van der Waals surface area contributed by atoms with E-state index in [2.05, 4.69) is 42.9 Å². The number of aliphatic imine (C=N–C) groups is 1. The van der Waals surface area contributed by atoms with Gasteiger partial charge in [0.05, 0.1) is 6.04 Å². The molecule has 0 aromatic carbocycles. The maximum atomic E-state index is 4.73. The Bertz CT molecular complexity index is 371. The van der Waals surface area contributed by atoms with Crippen LogP contribution in [0.5, 0.6) is 0 Å². The van der Waals surface area contributed by atoms with Crippen molar-refractivity contribution >= 4 is 28.3 Å². The van der Waals surface area contributed by atoms with Crippen LogP contribution in [0.25, 0.3) is 0 Å². The van der Waals surface area contributed by atoms with E-state index in [4.69, 9.17) is 4.99 Å². The second-order valence-corrected chi connectivity index (χ2v) is 6.73. The van der Waals surface area contributed by atoms with Crippen LogP contribution in [-0.2, 0) is 6.42 Å². The summed E-state index contributed by atoms with van der Waals surface area (Å²) in [6.07, 6.45) is 1.08. The molecule has 2 atom stereocenters. The molecule has 0 fully saturated rings. The van der Waals surface area contributed by atoms with Gasteiger partial charge in [0.2, 0.25) is 0 Å². The van der Waals surface area contributed by atoms with Crippen molar-refractivity contribution in [3.63, 3.8) is 0 Å². The van der Waals surface area contributed by atoms with E-state index in [1.165, 1.54) is 5.56 Å². The molecular formula is C13H20N2S2. The fraction of sp³-hybridized carbons (Fsp3) is 0.615. The smallest absolute Gasteiger partial charge is 0.157 e. The van der Waals surface area contributed by atoms with Gasteiger partial charge in [0.1, 0.15) is 0 Å². The van der Waals surface area contributed by atoms with Gasteiger partial charge in [-0.15, -0.1) is 0 Å². The number of nitrogens with one attached hydrogen (secondary N) is 1. The quantitative estimate of drug-likeness (QED) is 0.905. The minimum atomic E-state index is 0.460. The van der Waals surface area contributed by atoms with Crippen LogP contribution in [-0.4, -0.2) is 23.0 Å². The fourth-order valence-electron chi connectivity index (χ4n) is 1.83. The first-order chi connectivity index (χ1) is 8.15. The first-order valence-electron chi connectivity index (χ1n) is 6.13. The minimum absolute atomic E-state index is 0.460. The van der Waals surface area contributed by atoms with Gasteiger partial charge in [0.15, 0.2) is 5.17 Å². The summed E-state index contributed by atoms with van der Waals surface area (Å²) in [4.78, 5) is 4.73. The van der Waals surface area contributed by atoms with Gasteiger partial charge in [0, 0.05) is 11.8 Å². The second kappa shape index (κ2) is 5.91. The molecule has 0 spiro atoms. The maximum Gasteiger partial charge on any atom is 0.157 e. The molecule has 17 heavy (non-hydrogen) atoms. The lowest BCUT2D eigenvalue weighted by Gasteiger charge is -2.13. The van der Waals surface area contributed by atoms with Crippen LogP contribution in [0.3, 0.4) is 0 Å². The Balaban J connectivity index is 1.83. The molecule has 0 aliphatic carbocycles. The van der Waals surface area contributed by atoms with Crippen molar-refractivity contribution in [1.29, 1.82) is 0 Å². The van der Waals surface area contributed by atoms with E-state index < -0.39 is 0 Å². The molecule has 1 aliphatic heterocycles. The van der Waals surface area contributed by atoms with Crippen LogP contribution in [0.1, 0.15) is 26.3 Å². The molecule has 0 bridgehead atoms. The van der Waals surface area contributed by atoms with Gasteiger partial charge in [0.25, 0.3) is 0 Å². The first kappa shape index (κ1) is 13.0. The molecule has 1 aliphatic rings. The second-order valence-electron chi connectivity index (χ2n) is 4.94. The van der Waals surface area contributed by atoms with Gasteiger partial charge in [-0.2, -0.15) is 11.3 Å². The van der Waals surface area contributed by atoms with Crippen molar-refractivity contribution in [1.82, 2.24) is 5.32 Å². The Morgan fingerprint density at radius 3 is 2.88 bits per heavy atom. The third-order valence-corrected chi connectivity index (χ3v) is 4.67. The number of amidine groups is 1. The summed E-state index contributed by atoms with van der Waals surface area (Å²) in [5.74, 6) is 1.78. The lowest BCUT2D eigenvalue weighted by molar-refractivity contribution is 0.540. The number of rotatable bonds is 4. The number of thioether (sulfide) groups is 1. The lowest BCUT2D eigenvalue weighted by atomic mass is 10.1. The van der Waals surface area contributed by atoms with Gasteiger partial charge in [-0.3, -0.25) is 4.99 Å². The Kier molecular flexibility index (Phi) is 4.51. The fourth-order valence-corrected chi connectivity index (χ4v) is 3.80. The van der Waals surface area contributed by atoms with Crippen LogP contribution in [0, 0.1) is 5.92 Å². The molecule has 0 radical (unpaired) electrons. The minimum Gasteiger partial charge on any atom is -0.362 e. The van der Waals surface area contributed by atoms with Crippen molar-refractivity contribution in [3.8, 4) is 0 Å². The summed E-state index contributed by atoms with van der Waals surface area (Å²) < 4.78 is 0. The summed E-state index contributed by atoms with van der Waals surface area (Å²) in [7, 11) is 0. The standard InChI is InChI=1S/C13H20N2S2/c1-9(2)12-8-17-13(15-12)14-10(3)6-11-4-5-16-7-11/h4-5,7,9-10,12H,6,8H2,1-3H3,(H,14,15)/t10?,12-/m1/s1. The van der Waals surface area contributed by atoms with E-state index in [1.54, 1.807) is 11.3 Å². The van der Waals surface area contributed by atoms with E-state index in [9.17, 15) is 0 Å². The largest absolute Gasteiger partial charge is 0.362 e. The highest BCUT2D eigenvalue weighted by molar-refractivity contribution is 8.14. The van der Waals surface area contributed by atoms with E-state index >= 15 is 0 Å². The normalized spacial score (nSPS) is 21.6. The Labute approximate surface area is 112 Å². The SMILES string of the molecule is CC(Cc1ccsc1)NC1=N[C@@H](C(C)C)CS1. The molecule has 0 saturated heterocycles. The van der Waals surface area contributed by atoms with Gasteiger partial charge < -0.3 is 5.32 Å². The maximum absolute atomic E-state index is 4.73. The zero-order valence-electron chi connectivity index (χ0n) is 10.6. The number of hydrogen-bond donors (Lipinski definition) is 1. The zero-order valence-corrected chi connectivity index (χ0v) is 12.3. The average Bonchev–Trinajstić information content (AvgIpc) is 2.88. The van der Waals surface area contributed by atoms with E-state index in [1.807, 2.05) is 11.8 Å². The van der Waals surface area contributed by atoms with Crippen molar-refractivity contribution < 1.29 is 0 Å². The van der Waals surface area contributed by atoms with Crippen molar-refractivity contribution in [2.75, 3.05) is 5.75 Å². The highest BCUT2D eigenvalue weighted by atomic mass is 32.2. The monoisotopic (exact) mass is 268 g/mol. The van der Waals surface area contributed by atoms with Crippen LogP contribution in [0.15, 0.2) is 21.8 Å². The topological polar surface area (TPSA) is 24.4 Å². The highest BCUT2D eigenvalue weighted by Crippen LogP contribution is 2.22. The molecule has 0 saturated carbocycles. The summed E-state index contributed by atoms with van der Waals surface area (Å²) >= 11 is 3.63. The van der Waals surface area contributed by atoms with Crippen molar-refractivity contribution in [2.24, 2.45) is 10.9 Å². The highest BCUT2D eigenvalue weighted by Gasteiger charge is 2.21. The molecule has 94 valence electrons. The summed E-state index contributed by atoms with van der Waals surface area (Å²) in [6, 6.07) is 3.15. The molecule has 2 nitrogen and oxygen atoms in total. The Hall–Kier alpha value is -0.480. The van der Waals surface area contributed by atoms with Crippen LogP contribution < -0.4 is 5.32 Å². The van der Waals surface area contributed by atoms with Gasteiger partial charge >= 0.3 is 0 Å². The predicted octanol–water partition coefficient (Wildman–Crippen LogP) is 3.40. The Morgan fingerprint density at radius 1 is 1.47 bits per heavy atom. The summed E-state index contributed by atoms with van der Waals surface area (Å²) in [5, 5.41) is 9.01. The summed E-state index contributed by atoms with van der Waals surface area (Å²) in [6.45, 7) is 6.71. The van der Waals surface area contributed by atoms with Gasteiger partial charge in [-0.25, -0.2) is 0 Å². The van der Waals surface area contributed by atoms with E-state index in [0.29, 0.717) is 18.0 Å². The zero-order chi connectivity index (χ0) is 12.3. The van der Waals surface area contributed by atoms with Crippen molar-refractivity contribution in [2.45, 2.75) is 39.3 Å². The van der Waals surface area contributed by atoms with Crippen LogP contribution in [0.2, 0.25) is 0 Å². The molecular weight excluding hydrogens is 248 g/mol. The predicted molar refractivity (Wildman–Crippen MR) is 79.1 cm³/mol. The van der Waals surface area contributed by atoms with E-state index in [0.717, 1.165) is 17.3 Å². The van der Waals surface area contributed by atoms with Crippen molar-refractivity contribution in [3.05, 3.63) is 22.4 Å². The summed E-state index contributed by atoms with van der Waals surface area (Å²) in [5.41, 5.74) is 1.42. The molecule has 1 aromatic rings. The van der Waals surface area contributed by atoms with Crippen LogP contribution >= 0.6 is 23.1 Å². The third kappa shape index (κ3) is 3.75. The average molecular weight is 268 g/mol. The molecule has 2 heterocycles. The Morgan fingerprint density at radius 2 is 2.29 bits per heavy atom. The third-order valence-electron chi connectivity index (χ3n) is 2.94. The van der Waals surface area contributed by atoms with Gasteiger partial charge in [-0.05, 0) is 41.7 Å². The molecule has 1 unspecified atom stereocenters. The lowest BCUT2D eigenvalue weighted by Crippen LogP contribution is -2.31. The number of thiophene rings is 1. The molecule has 1 aromatic heterocycles. The number of hydrogen-bond acceptors (Lipinski definition) is 4. The molecule has 2 rings (SSSR count). The molecule has 4 heteroatoms. The van der Waals surface area contributed by atoms with E-state index in [-0.39, 0.29) is 0 Å². The molecule has 0 amide bonds. The molecule has 1 N–H and O–H groups in total. The van der Waals surface area contributed by atoms with Crippen LogP contribution in [0.4, 0.5) is 0 Å². The van der Waals surface area contributed by atoms with Gasteiger partial charge in [-0.1, -0.05) is 25.6 Å². The first-order valence-corrected chi connectivity index (χ1v) is 8.06. The number of nitrogens with zero attached hydrogens (tertiary/aromatic N) is 1.